The lowest BCUT2D eigenvalue weighted by Crippen LogP contribution is -2.28. The number of carbonyl (C=O) groups is 1. The number of likely N-dealkylation sites (tertiary alicyclic amines) is 1. The van der Waals surface area contributed by atoms with E-state index < -0.39 is 11.7 Å². The molecular formula is C20H16F3N3O2. The molecule has 0 spiro atoms. The van der Waals surface area contributed by atoms with Crippen LogP contribution in [0.3, 0.4) is 0 Å². The number of alkyl halides is 3. The maximum atomic E-state index is 12.7. The van der Waals surface area contributed by atoms with Crippen molar-refractivity contribution >= 4 is 5.91 Å². The van der Waals surface area contributed by atoms with Gasteiger partial charge in [0, 0.05) is 30.1 Å². The standard InChI is InChI=1S/C20H16F3N3O2/c21-20(22,23)16-8-6-14(7-9-16)19(27)26-11-10-15(12-26)17-24-18(28-25-17)13-4-2-1-3-5-13/h1-9,15H,10-12H2/t15-/m0/s1. The highest BCUT2D eigenvalue weighted by atomic mass is 19.4. The van der Waals surface area contributed by atoms with E-state index in [1.807, 2.05) is 30.3 Å². The summed E-state index contributed by atoms with van der Waals surface area (Å²) in [5.41, 5.74) is 0.271. The second-order valence-corrected chi connectivity index (χ2v) is 6.64. The lowest BCUT2D eigenvalue weighted by atomic mass is 10.1. The van der Waals surface area contributed by atoms with Crippen LogP contribution in [0.2, 0.25) is 0 Å². The van der Waals surface area contributed by atoms with Crippen molar-refractivity contribution in [2.24, 2.45) is 0 Å². The summed E-state index contributed by atoms with van der Waals surface area (Å²) in [6.45, 7) is 0.882. The minimum absolute atomic E-state index is 0.0698. The molecule has 0 radical (unpaired) electrons. The number of rotatable bonds is 3. The molecule has 0 saturated carbocycles. The van der Waals surface area contributed by atoms with Crippen LogP contribution in [0.4, 0.5) is 13.2 Å². The van der Waals surface area contributed by atoms with E-state index in [1.54, 1.807) is 4.90 Å². The summed E-state index contributed by atoms with van der Waals surface area (Å²) in [5, 5.41) is 4.03. The number of aromatic nitrogens is 2. The topological polar surface area (TPSA) is 59.2 Å². The summed E-state index contributed by atoms with van der Waals surface area (Å²) in [5.74, 6) is 0.576. The number of benzene rings is 2. The van der Waals surface area contributed by atoms with Gasteiger partial charge in [0.1, 0.15) is 0 Å². The molecule has 2 aromatic carbocycles. The number of amides is 1. The third kappa shape index (κ3) is 3.62. The fourth-order valence-corrected chi connectivity index (χ4v) is 3.24. The Hall–Kier alpha value is -3.16. The molecule has 1 aliphatic rings. The van der Waals surface area contributed by atoms with Gasteiger partial charge in [0.15, 0.2) is 5.82 Å². The number of carbonyl (C=O) groups excluding carboxylic acids is 1. The van der Waals surface area contributed by atoms with Gasteiger partial charge >= 0.3 is 6.18 Å². The molecule has 1 atom stereocenters. The van der Waals surface area contributed by atoms with Crippen LogP contribution in [-0.4, -0.2) is 34.0 Å². The molecule has 144 valence electrons. The molecule has 5 nitrogen and oxygen atoms in total. The molecule has 2 heterocycles. The van der Waals surface area contributed by atoms with Crippen molar-refractivity contribution < 1.29 is 22.5 Å². The Balaban J connectivity index is 1.44. The van der Waals surface area contributed by atoms with Gasteiger partial charge in [-0.1, -0.05) is 23.4 Å². The monoisotopic (exact) mass is 387 g/mol. The average molecular weight is 387 g/mol. The van der Waals surface area contributed by atoms with Crippen molar-refractivity contribution in [2.75, 3.05) is 13.1 Å². The number of hydrogen-bond donors (Lipinski definition) is 0. The Labute approximate surface area is 158 Å². The Morgan fingerprint density at radius 2 is 1.79 bits per heavy atom. The molecule has 28 heavy (non-hydrogen) atoms. The van der Waals surface area contributed by atoms with E-state index in [9.17, 15) is 18.0 Å². The van der Waals surface area contributed by atoms with Crippen LogP contribution in [0.5, 0.6) is 0 Å². The predicted octanol–water partition coefficient (Wildman–Crippen LogP) is 4.39. The van der Waals surface area contributed by atoms with Crippen molar-refractivity contribution in [2.45, 2.75) is 18.5 Å². The smallest absolute Gasteiger partial charge is 0.338 e. The predicted molar refractivity (Wildman–Crippen MR) is 94.4 cm³/mol. The van der Waals surface area contributed by atoms with Crippen molar-refractivity contribution in [1.29, 1.82) is 0 Å². The van der Waals surface area contributed by atoms with E-state index in [-0.39, 0.29) is 17.4 Å². The van der Waals surface area contributed by atoms with Gasteiger partial charge in [-0.2, -0.15) is 18.2 Å². The minimum atomic E-state index is -4.42. The quantitative estimate of drug-likeness (QED) is 0.669. The van der Waals surface area contributed by atoms with Crippen LogP contribution in [0.25, 0.3) is 11.5 Å². The van der Waals surface area contributed by atoms with Crippen molar-refractivity contribution in [3.05, 3.63) is 71.5 Å². The molecule has 0 N–H and O–H groups in total. The highest BCUT2D eigenvalue weighted by Crippen LogP contribution is 2.31. The molecule has 0 aliphatic carbocycles. The van der Waals surface area contributed by atoms with Crippen molar-refractivity contribution in [1.82, 2.24) is 15.0 Å². The minimum Gasteiger partial charge on any atom is -0.338 e. The molecule has 0 unspecified atom stereocenters. The highest BCUT2D eigenvalue weighted by molar-refractivity contribution is 5.94. The second-order valence-electron chi connectivity index (χ2n) is 6.64. The molecule has 1 amide bonds. The van der Waals surface area contributed by atoms with E-state index in [2.05, 4.69) is 10.1 Å². The Kier molecular flexibility index (Phi) is 4.62. The zero-order valence-electron chi connectivity index (χ0n) is 14.7. The zero-order valence-corrected chi connectivity index (χ0v) is 14.7. The van der Waals surface area contributed by atoms with Gasteiger partial charge in [-0.05, 0) is 42.8 Å². The van der Waals surface area contributed by atoms with E-state index in [1.165, 1.54) is 12.1 Å². The first-order valence-corrected chi connectivity index (χ1v) is 8.77. The molecule has 3 aromatic rings. The van der Waals surface area contributed by atoms with Crippen molar-refractivity contribution in [3.63, 3.8) is 0 Å². The summed E-state index contributed by atoms with van der Waals surface area (Å²) in [6, 6.07) is 13.6. The van der Waals surface area contributed by atoms with Gasteiger partial charge in [0.25, 0.3) is 11.8 Å². The third-order valence-corrected chi connectivity index (χ3v) is 4.76. The van der Waals surface area contributed by atoms with Crippen LogP contribution in [-0.2, 0) is 6.18 Å². The lowest BCUT2D eigenvalue weighted by Gasteiger charge is -2.16. The fourth-order valence-electron chi connectivity index (χ4n) is 3.24. The van der Waals surface area contributed by atoms with E-state index >= 15 is 0 Å². The first kappa shape index (κ1) is 18.2. The van der Waals surface area contributed by atoms with Gasteiger partial charge < -0.3 is 9.42 Å². The SMILES string of the molecule is O=C(c1ccc(C(F)(F)F)cc1)N1CC[C@H](c2noc(-c3ccccc3)n2)C1. The second kappa shape index (κ2) is 7.10. The van der Waals surface area contributed by atoms with Gasteiger partial charge in [-0.25, -0.2) is 0 Å². The molecule has 1 aliphatic heterocycles. The van der Waals surface area contributed by atoms with Crippen molar-refractivity contribution in [3.8, 4) is 11.5 Å². The summed E-state index contributed by atoms with van der Waals surface area (Å²) in [4.78, 5) is 18.6. The van der Waals surface area contributed by atoms with Gasteiger partial charge in [0.2, 0.25) is 0 Å². The summed E-state index contributed by atoms with van der Waals surface area (Å²) >= 11 is 0. The molecular weight excluding hydrogens is 371 g/mol. The maximum absolute atomic E-state index is 12.7. The van der Waals surface area contributed by atoms with Gasteiger partial charge in [0.05, 0.1) is 5.56 Å². The van der Waals surface area contributed by atoms with E-state index in [0.29, 0.717) is 31.2 Å². The summed E-state index contributed by atoms with van der Waals surface area (Å²) in [6.07, 6.45) is -3.75. The third-order valence-electron chi connectivity index (χ3n) is 4.76. The Morgan fingerprint density at radius 3 is 2.46 bits per heavy atom. The van der Waals surface area contributed by atoms with E-state index in [0.717, 1.165) is 17.7 Å². The van der Waals surface area contributed by atoms with Crippen LogP contribution >= 0.6 is 0 Å². The first-order chi connectivity index (χ1) is 13.4. The summed E-state index contributed by atoms with van der Waals surface area (Å²) in [7, 11) is 0. The molecule has 0 bridgehead atoms. The normalized spacial score (nSPS) is 17.1. The Morgan fingerprint density at radius 1 is 1.07 bits per heavy atom. The molecule has 8 heteroatoms. The first-order valence-electron chi connectivity index (χ1n) is 8.77. The van der Waals surface area contributed by atoms with Crippen LogP contribution in [0.15, 0.2) is 59.1 Å². The molecule has 1 saturated heterocycles. The van der Waals surface area contributed by atoms with Gasteiger partial charge in [-0.3, -0.25) is 4.79 Å². The fraction of sp³-hybridized carbons (Fsp3) is 0.250. The lowest BCUT2D eigenvalue weighted by molar-refractivity contribution is -0.137. The highest BCUT2D eigenvalue weighted by Gasteiger charge is 2.33. The van der Waals surface area contributed by atoms with Crippen LogP contribution < -0.4 is 0 Å². The van der Waals surface area contributed by atoms with Crippen LogP contribution in [0, 0.1) is 0 Å². The largest absolute Gasteiger partial charge is 0.416 e. The number of halogens is 3. The summed E-state index contributed by atoms with van der Waals surface area (Å²) < 4.78 is 43.3. The van der Waals surface area contributed by atoms with Crippen LogP contribution in [0.1, 0.15) is 34.1 Å². The number of hydrogen-bond acceptors (Lipinski definition) is 4. The van der Waals surface area contributed by atoms with Gasteiger partial charge in [-0.15, -0.1) is 0 Å². The average Bonchev–Trinajstić information content (AvgIpc) is 3.37. The molecule has 1 fully saturated rings. The molecule has 1 aromatic heterocycles. The Bertz CT molecular complexity index is 968. The zero-order chi connectivity index (χ0) is 19.7. The maximum Gasteiger partial charge on any atom is 0.416 e. The molecule has 4 rings (SSSR count). The van der Waals surface area contributed by atoms with E-state index in [4.69, 9.17) is 4.52 Å². The number of nitrogens with zero attached hydrogens (tertiary/aromatic N) is 3.